The van der Waals surface area contributed by atoms with Crippen molar-refractivity contribution in [2.24, 2.45) is 5.73 Å². The summed E-state index contributed by atoms with van der Waals surface area (Å²) in [7, 11) is 0. The van der Waals surface area contributed by atoms with Crippen molar-refractivity contribution in [2.45, 2.75) is 64.1 Å². The van der Waals surface area contributed by atoms with Crippen molar-refractivity contribution < 1.29 is 5.11 Å². The first-order valence-corrected chi connectivity index (χ1v) is 6.29. The average molecular weight is 214 g/mol. The van der Waals surface area contributed by atoms with E-state index in [9.17, 15) is 0 Å². The van der Waals surface area contributed by atoms with E-state index in [0.29, 0.717) is 18.1 Å². The molecular formula is C12H26N2O. The molecule has 2 atom stereocenters. The zero-order valence-electron chi connectivity index (χ0n) is 10.2. The van der Waals surface area contributed by atoms with Gasteiger partial charge in [0, 0.05) is 31.3 Å². The lowest BCUT2D eigenvalue weighted by Crippen LogP contribution is -2.52. The summed E-state index contributed by atoms with van der Waals surface area (Å²) in [4.78, 5) is 2.47. The van der Waals surface area contributed by atoms with Gasteiger partial charge < -0.3 is 10.8 Å². The Hall–Kier alpha value is -0.120. The topological polar surface area (TPSA) is 49.5 Å². The number of hydrogen-bond donors (Lipinski definition) is 2. The molecule has 1 saturated carbocycles. The van der Waals surface area contributed by atoms with Crippen molar-refractivity contribution in [1.82, 2.24) is 4.90 Å². The molecule has 3 heteroatoms. The van der Waals surface area contributed by atoms with Gasteiger partial charge in [0.2, 0.25) is 0 Å². The van der Waals surface area contributed by atoms with Gasteiger partial charge in [0.1, 0.15) is 0 Å². The number of hydrogen-bond acceptors (Lipinski definition) is 3. The lowest BCUT2D eigenvalue weighted by molar-refractivity contribution is 0.0959. The average Bonchev–Trinajstić information content (AvgIpc) is 2.20. The van der Waals surface area contributed by atoms with Gasteiger partial charge in [-0.05, 0) is 33.1 Å². The van der Waals surface area contributed by atoms with Crippen LogP contribution in [0.3, 0.4) is 0 Å². The fourth-order valence-corrected chi connectivity index (χ4v) is 2.61. The van der Waals surface area contributed by atoms with Gasteiger partial charge in [-0.1, -0.05) is 12.8 Å². The van der Waals surface area contributed by atoms with Gasteiger partial charge in [-0.3, -0.25) is 4.90 Å². The minimum atomic E-state index is 0.283. The molecule has 15 heavy (non-hydrogen) atoms. The molecule has 1 fully saturated rings. The van der Waals surface area contributed by atoms with E-state index in [1.54, 1.807) is 0 Å². The van der Waals surface area contributed by atoms with E-state index >= 15 is 0 Å². The van der Waals surface area contributed by atoms with E-state index in [4.69, 9.17) is 10.8 Å². The second-order valence-electron chi connectivity index (χ2n) is 4.92. The minimum absolute atomic E-state index is 0.283. The van der Waals surface area contributed by atoms with Crippen LogP contribution >= 0.6 is 0 Å². The highest BCUT2D eigenvalue weighted by Crippen LogP contribution is 2.23. The fourth-order valence-electron chi connectivity index (χ4n) is 2.61. The van der Waals surface area contributed by atoms with Crippen molar-refractivity contribution in [3.8, 4) is 0 Å². The predicted octanol–water partition coefficient (Wildman–Crippen LogP) is 1.35. The summed E-state index contributed by atoms with van der Waals surface area (Å²) in [6, 6.07) is 1.40. The van der Waals surface area contributed by atoms with E-state index in [2.05, 4.69) is 18.7 Å². The summed E-state index contributed by atoms with van der Waals surface area (Å²) in [5.41, 5.74) is 6.19. The first-order valence-electron chi connectivity index (χ1n) is 6.29. The molecule has 2 unspecified atom stereocenters. The first-order chi connectivity index (χ1) is 7.16. The van der Waals surface area contributed by atoms with E-state index < -0.39 is 0 Å². The number of rotatable bonds is 5. The highest BCUT2D eigenvalue weighted by molar-refractivity contribution is 4.87. The molecule has 0 radical (unpaired) electrons. The van der Waals surface area contributed by atoms with Gasteiger partial charge in [-0.15, -0.1) is 0 Å². The zero-order chi connectivity index (χ0) is 11.3. The molecule has 0 spiro atoms. The minimum Gasteiger partial charge on any atom is -0.396 e. The Kier molecular flexibility index (Phi) is 5.58. The van der Waals surface area contributed by atoms with Gasteiger partial charge in [0.25, 0.3) is 0 Å². The third kappa shape index (κ3) is 3.74. The fraction of sp³-hybridized carbons (Fsp3) is 1.00. The third-order valence-corrected chi connectivity index (χ3v) is 3.45. The van der Waals surface area contributed by atoms with Crippen LogP contribution in [0.1, 0.15) is 46.0 Å². The van der Waals surface area contributed by atoms with Crippen molar-refractivity contribution in [3.63, 3.8) is 0 Å². The summed E-state index contributed by atoms with van der Waals surface area (Å²) in [6.45, 7) is 5.70. The largest absolute Gasteiger partial charge is 0.396 e. The monoisotopic (exact) mass is 214 g/mol. The molecule has 0 heterocycles. The summed E-state index contributed by atoms with van der Waals surface area (Å²) in [5.74, 6) is 0. The Morgan fingerprint density at radius 1 is 1.33 bits per heavy atom. The Bertz CT molecular complexity index is 173. The maximum Gasteiger partial charge on any atom is 0.0443 e. The molecule has 0 aromatic heterocycles. The van der Waals surface area contributed by atoms with E-state index in [1.807, 2.05) is 0 Å². The summed E-state index contributed by atoms with van der Waals surface area (Å²) in [6.07, 6.45) is 5.84. The Morgan fingerprint density at radius 3 is 2.53 bits per heavy atom. The molecule has 0 aromatic carbocycles. The Morgan fingerprint density at radius 2 is 2.00 bits per heavy atom. The molecule has 1 rings (SSSR count). The highest BCUT2D eigenvalue weighted by atomic mass is 16.3. The van der Waals surface area contributed by atoms with Gasteiger partial charge in [-0.25, -0.2) is 0 Å². The quantitative estimate of drug-likeness (QED) is 0.726. The molecule has 1 aliphatic rings. The molecule has 90 valence electrons. The van der Waals surface area contributed by atoms with Crippen molar-refractivity contribution in [1.29, 1.82) is 0 Å². The van der Waals surface area contributed by atoms with Crippen LogP contribution in [0.25, 0.3) is 0 Å². The lowest BCUT2D eigenvalue weighted by Gasteiger charge is -2.40. The standard InChI is InChI=1S/C12H26N2O/c1-10(2)14(8-5-9-15)12-7-4-3-6-11(12)13/h10-12,15H,3-9,13H2,1-2H3. The SMILES string of the molecule is CC(C)N(CCCO)C1CCCCC1N. The van der Waals surface area contributed by atoms with E-state index in [0.717, 1.165) is 19.4 Å². The summed E-state index contributed by atoms with van der Waals surface area (Å²) >= 11 is 0. The number of nitrogens with zero attached hydrogens (tertiary/aromatic N) is 1. The number of aliphatic hydroxyl groups is 1. The lowest BCUT2D eigenvalue weighted by atomic mass is 9.89. The second-order valence-corrected chi connectivity index (χ2v) is 4.92. The number of aliphatic hydroxyl groups excluding tert-OH is 1. The van der Waals surface area contributed by atoms with Crippen LogP contribution in [-0.4, -0.2) is 41.3 Å². The maximum atomic E-state index is 8.90. The van der Waals surface area contributed by atoms with Crippen LogP contribution < -0.4 is 5.73 Å². The number of nitrogens with two attached hydrogens (primary N) is 1. The first kappa shape index (κ1) is 12.9. The summed E-state index contributed by atoms with van der Waals surface area (Å²) < 4.78 is 0. The van der Waals surface area contributed by atoms with Crippen LogP contribution in [0.15, 0.2) is 0 Å². The van der Waals surface area contributed by atoms with Gasteiger partial charge in [-0.2, -0.15) is 0 Å². The Balaban J connectivity index is 2.52. The molecule has 0 aliphatic heterocycles. The van der Waals surface area contributed by atoms with Gasteiger partial charge >= 0.3 is 0 Å². The Labute approximate surface area is 93.6 Å². The van der Waals surface area contributed by atoms with Crippen molar-refractivity contribution in [2.75, 3.05) is 13.2 Å². The molecule has 1 aliphatic carbocycles. The van der Waals surface area contributed by atoms with Crippen LogP contribution in [0, 0.1) is 0 Å². The summed E-state index contributed by atoms with van der Waals surface area (Å²) in [5, 5.41) is 8.90. The van der Waals surface area contributed by atoms with Crippen LogP contribution in [0.2, 0.25) is 0 Å². The molecule has 3 nitrogen and oxygen atoms in total. The molecular weight excluding hydrogens is 188 g/mol. The predicted molar refractivity (Wildman–Crippen MR) is 63.8 cm³/mol. The van der Waals surface area contributed by atoms with E-state index in [1.165, 1.54) is 19.3 Å². The highest BCUT2D eigenvalue weighted by Gasteiger charge is 2.28. The third-order valence-electron chi connectivity index (χ3n) is 3.45. The van der Waals surface area contributed by atoms with Gasteiger partial charge in [0.05, 0.1) is 0 Å². The second kappa shape index (κ2) is 6.46. The molecule has 0 amide bonds. The van der Waals surface area contributed by atoms with Crippen molar-refractivity contribution >= 4 is 0 Å². The normalized spacial score (nSPS) is 27.6. The smallest absolute Gasteiger partial charge is 0.0443 e. The zero-order valence-corrected chi connectivity index (χ0v) is 10.2. The molecule has 3 N–H and O–H groups in total. The molecule has 0 aromatic rings. The molecule has 0 saturated heterocycles. The van der Waals surface area contributed by atoms with Gasteiger partial charge in [0.15, 0.2) is 0 Å². The molecule has 0 bridgehead atoms. The van der Waals surface area contributed by atoms with E-state index in [-0.39, 0.29) is 6.61 Å². The maximum absolute atomic E-state index is 8.90. The van der Waals surface area contributed by atoms with Crippen LogP contribution in [0.5, 0.6) is 0 Å². The van der Waals surface area contributed by atoms with Crippen LogP contribution in [0.4, 0.5) is 0 Å². The van der Waals surface area contributed by atoms with Crippen LogP contribution in [-0.2, 0) is 0 Å². The van der Waals surface area contributed by atoms with Crippen molar-refractivity contribution in [3.05, 3.63) is 0 Å².